The standard InChI is InChI=1S/C17H14F2N2O/c1-21(10-12-6-7-13(18)9-14(12)19)17(22)16-8-11-4-2-3-5-15(11)20-16/h2-9,20H,10H2,1H3. The molecule has 2 aromatic carbocycles. The lowest BCUT2D eigenvalue weighted by Crippen LogP contribution is -2.26. The van der Waals surface area contributed by atoms with Gasteiger partial charge in [-0.25, -0.2) is 8.78 Å². The third-order valence-corrected chi connectivity index (χ3v) is 3.53. The molecule has 0 aliphatic rings. The van der Waals surface area contributed by atoms with E-state index in [4.69, 9.17) is 0 Å². The molecule has 1 N–H and O–H groups in total. The molecule has 1 aromatic heterocycles. The molecule has 0 atom stereocenters. The van der Waals surface area contributed by atoms with E-state index in [1.165, 1.54) is 17.0 Å². The van der Waals surface area contributed by atoms with Crippen molar-refractivity contribution in [2.75, 3.05) is 7.05 Å². The van der Waals surface area contributed by atoms with E-state index in [0.29, 0.717) is 5.69 Å². The Balaban J connectivity index is 1.81. The number of hydrogen-bond donors (Lipinski definition) is 1. The number of amides is 1. The summed E-state index contributed by atoms with van der Waals surface area (Å²) in [5, 5.41) is 0.937. The van der Waals surface area contributed by atoms with Crippen LogP contribution in [0.25, 0.3) is 10.9 Å². The zero-order valence-corrected chi connectivity index (χ0v) is 11.9. The van der Waals surface area contributed by atoms with Gasteiger partial charge in [0.1, 0.15) is 17.3 Å². The van der Waals surface area contributed by atoms with Gasteiger partial charge in [-0.1, -0.05) is 24.3 Å². The summed E-state index contributed by atoms with van der Waals surface area (Å²) < 4.78 is 26.6. The fourth-order valence-electron chi connectivity index (χ4n) is 2.37. The van der Waals surface area contributed by atoms with E-state index in [1.54, 1.807) is 13.1 Å². The maximum atomic E-state index is 13.7. The third kappa shape index (κ3) is 2.70. The first-order chi connectivity index (χ1) is 10.5. The predicted molar refractivity (Wildman–Crippen MR) is 80.5 cm³/mol. The van der Waals surface area contributed by atoms with Crippen LogP contribution in [-0.4, -0.2) is 22.8 Å². The van der Waals surface area contributed by atoms with Gasteiger partial charge in [-0.15, -0.1) is 0 Å². The van der Waals surface area contributed by atoms with Gasteiger partial charge in [0.15, 0.2) is 0 Å². The second-order valence-electron chi connectivity index (χ2n) is 5.17. The van der Waals surface area contributed by atoms with Crippen LogP contribution in [0.4, 0.5) is 8.78 Å². The number of hydrogen-bond acceptors (Lipinski definition) is 1. The molecule has 3 rings (SSSR count). The molecule has 0 aliphatic heterocycles. The molecule has 3 nitrogen and oxygen atoms in total. The minimum Gasteiger partial charge on any atom is -0.351 e. The Hall–Kier alpha value is -2.69. The summed E-state index contributed by atoms with van der Waals surface area (Å²) in [7, 11) is 1.58. The lowest BCUT2D eigenvalue weighted by Gasteiger charge is -2.16. The van der Waals surface area contributed by atoms with Crippen LogP contribution in [0.3, 0.4) is 0 Å². The largest absolute Gasteiger partial charge is 0.351 e. The van der Waals surface area contributed by atoms with Crippen molar-refractivity contribution in [1.29, 1.82) is 0 Å². The summed E-state index contributed by atoms with van der Waals surface area (Å²) in [5.41, 5.74) is 1.58. The van der Waals surface area contributed by atoms with Crippen molar-refractivity contribution in [3.63, 3.8) is 0 Å². The van der Waals surface area contributed by atoms with E-state index in [1.807, 2.05) is 24.3 Å². The second kappa shape index (κ2) is 5.60. The summed E-state index contributed by atoms with van der Waals surface area (Å²) in [5.74, 6) is -1.54. The SMILES string of the molecule is CN(Cc1ccc(F)cc1F)C(=O)c1cc2ccccc2[nH]1. The van der Waals surface area contributed by atoms with Crippen LogP contribution in [0.15, 0.2) is 48.5 Å². The number of nitrogens with one attached hydrogen (secondary N) is 1. The summed E-state index contributed by atoms with van der Waals surface area (Å²) in [4.78, 5) is 16.8. The van der Waals surface area contributed by atoms with Gasteiger partial charge in [0, 0.05) is 36.1 Å². The van der Waals surface area contributed by atoms with Crippen molar-refractivity contribution in [2.45, 2.75) is 6.54 Å². The average molecular weight is 300 g/mol. The molecule has 5 heteroatoms. The molecule has 22 heavy (non-hydrogen) atoms. The van der Waals surface area contributed by atoms with Crippen LogP contribution < -0.4 is 0 Å². The van der Waals surface area contributed by atoms with E-state index in [9.17, 15) is 13.6 Å². The number of carbonyl (C=O) groups excluding carboxylic acids is 1. The van der Waals surface area contributed by atoms with Crippen LogP contribution in [0.5, 0.6) is 0 Å². The molecular weight excluding hydrogens is 286 g/mol. The topological polar surface area (TPSA) is 36.1 Å². The Bertz CT molecular complexity index is 809. The lowest BCUT2D eigenvalue weighted by atomic mass is 10.2. The minimum atomic E-state index is -0.656. The zero-order chi connectivity index (χ0) is 15.7. The maximum absolute atomic E-state index is 13.7. The smallest absolute Gasteiger partial charge is 0.270 e. The molecule has 0 bridgehead atoms. The summed E-state index contributed by atoms with van der Waals surface area (Å²) in [6, 6.07) is 12.7. The number of halogens is 2. The highest BCUT2D eigenvalue weighted by molar-refractivity contribution is 5.97. The van der Waals surface area contributed by atoms with E-state index in [-0.39, 0.29) is 18.0 Å². The molecule has 112 valence electrons. The van der Waals surface area contributed by atoms with Crippen molar-refractivity contribution >= 4 is 16.8 Å². The third-order valence-electron chi connectivity index (χ3n) is 3.53. The molecule has 0 saturated carbocycles. The summed E-state index contributed by atoms with van der Waals surface area (Å²) in [6.07, 6.45) is 0. The number of para-hydroxylation sites is 1. The van der Waals surface area contributed by atoms with Gasteiger partial charge in [0.2, 0.25) is 0 Å². The molecule has 0 unspecified atom stereocenters. The van der Waals surface area contributed by atoms with Crippen molar-refractivity contribution in [1.82, 2.24) is 9.88 Å². The molecule has 3 aromatic rings. The van der Waals surface area contributed by atoms with Crippen LogP contribution in [0, 0.1) is 11.6 Å². The molecule has 0 saturated heterocycles. The molecule has 1 amide bonds. The first-order valence-corrected chi connectivity index (χ1v) is 6.82. The molecule has 0 fully saturated rings. The first kappa shape index (κ1) is 14.3. The fraction of sp³-hybridized carbons (Fsp3) is 0.118. The average Bonchev–Trinajstić information content (AvgIpc) is 2.93. The summed E-state index contributed by atoms with van der Waals surface area (Å²) >= 11 is 0. The number of H-pyrrole nitrogens is 1. The summed E-state index contributed by atoms with van der Waals surface area (Å²) in [6.45, 7) is 0.0698. The highest BCUT2D eigenvalue weighted by Crippen LogP contribution is 2.17. The first-order valence-electron chi connectivity index (χ1n) is 6.82. The Morgan fingerprint density at radius 3 is 2.64 bits per heavy atom. The Kier molecular flexibility index (Phi) is 3.63. The van der Waals surface area contributed by atoms with E-state index in [2.05, 4.69) is 4.98 Å². The van der Waals surface area contributed by atoms with Crippen LogP contribution in [0.2, 0.25) is 0 Å². The van der Waals surface area contributed by atoms with Crippen LogP contribution in [0.1, 0.15) is 16.1 Å². The number of benzene rings is 2. The highest BCUT2D eigenvalue weighted by atomic mass is 19.1. The normalized spacial score (nSPS) is 10.9. The number of fused-ring (bicyclic) bond motifs is 1. The monoisotopic (exact) mass is 300 g/mol. The number of nitrogens with zero attached hydrogens (tertiary/aromatic N) is 1. The number of aromatic amines is 1. The van der Waals surface area contributed by atoms with E-state index >= 15 is 0 Å². The quantitative estimate of drug-likeness (QED) is 0.786. The highest BCUT2D eigenvalue weighted by Gasteiger charge is 2.16. The predicted octanol–water partition coefficient (Wildman–Crippen LogP) is 3.72. The van der Waals surface area contributed by atoms with Crippen molar-refractivity contribution in [2.24, 2.45) is 0 Å². The van der Waals surface area contributed by atoms with Gasteiger partial charge in [0.25, 0.3) is 5.91 Å². The van der Waals surface area contributed by atoms with E-state index < -0.39 is 11.6 Å². The number of carbonyl (C=O) groups is 1. The molecule has 0 spiro atoms. The molecule has 1 heterocycles. The lowest BCUT2D eigenvalue weighted by molar-refractivity contribution is 0.0779. The van der Waals surface area contributed by atoms with Gasteiger partial charge in [-0.3, -0.25) is 4.79 Å². The van der Waals surface area contributed by atoms with Crippen molar-refractivity contribution in [3.8, 4) is 0 Å². The molecular formula is C17H14F2N2O. The molecule has 0 aliphatic carbocycles. The van der Waals surface area contributed by atoms with Gasteiger partial charge in [-0.2, -0.15) is 0 Å². The van der Waals surface area contributed by atoms with Gasteiger partial charge in [0.05, 0.1) is 0 Å². The fourth-order valence-corrected chi connectivity index (χ4v) is 2.37. The van der Waals surface area contributed by atoms with Gasteiger partial charge < -0.3 is 9.88 Å². The van der Waals surface area contributed by atoms with Crippen LogP contribution >= 0.6 is 0 Å². The second-order valence-corrected chi connectivity index (χ2v) is 5.17. The maximum Gasteiger partial charge on any atom is 0.270 e. The Morgan fingerprint density at radius 1 is 1.14 bits per heavy atom. The van der Waals surface area contributed by atoms with Gasteiger partial charge >= 0.3 is 0 Å². The van der Waals surface area contributed by atoms with Crippen molar-refractivity contribution in [3.05, 3.63) is 71.4 Å². The zero-order valence-electron chi connectivity index (χ0n) is 11.9. The van der Waals surface area contributed by atoms with E-state index in [0.717, 1.165) is 17.0 Å². The number of rotatable bonds is 3. The Morgan fingerprint density at radius 2 is 1.91 bits per heavy atom. The van der Waals surface area contributed by atoms with Crippen molar-refractivity contribution < 1.29 is 13.6 Å². The number of aromatic nitrogens is 1. The van der Waals surface area contributed by atoms with Gasteiger partial charge in [-0.05, 0) is 18.2 Å². The molecule has 0 radical (unpaired) electrons. The van der Waals surface area contributed by atoms with Crippen LogP contribution in [-0.2, 0) is 6.54 Å². The Labute approximate surface area is 126 Å². The minimum absolute atomic E-state index is 0.0698.